The maximum atomic E-state index is 11.8. The van der Waals surface area contributed by atoms with Crippen molar-refractivity contribution >= 4 is 23.6 Å². The lowest BCUT2D eigenvalue weighted by Gasteiger charge is -2.33. The summed E-state index contributed by atoms with van der Waals surface area (Å²) in [7, 11) is 3.76. The number of carbonyl (C=O) groups is 1. The lowest BCUT2D eigenvalue weighted by atomic mass is 10.0. The Hall–Kier alpha value is -2.81. The zero-order valence-corrected chi connectivity index (χ0v) is 14.2. The number of amides is 1. The third-order valence-electron chi connectivity index (χ3n) is 3.82. The average molecular weight is 325 g/mol. The molecular weight excluding hydrogens is 302 g/mol. The summed E-state index contributed by atoms with van der Waals surface area (Å²) in [6, 6.07) is 7.90. The number of rotatable bonds is 5. The van der Waals surface area contributed by atoms with Crippen LogP contribution >= 0.6 is 0 Å². The molecule has 0 bridgehead atoms. The van der Waals surface area contributed by atoms with Crippen molar-refractivity contribution in [1.82, 2.24) is 9.80 Å². The first-order chi connectivity index (χ1) is 11.5. The Labute approximate surface area is 143 Å². The van der Waals surface area contributed by atoms with Crippen molar-refractivity contribution in [2.24, 2.45) is 4.99 Å². The molecule has 0 aromatic heterocycles. The smallest absolute Gasteiger partial charge is 0.246 e. The van der Waals surface area contributed by atoms with Crippen LogP contribution in [0.3, 0.4) is 0 Å². The number of likely N-dealkylation sites (tertiary alicyclic amines) is 1. The van der Waals surface area contributed by atoms with Crippen LogP contribution in [0.25, 0.3) is 0 Å². The van der Waals surface area contributed by atoms with E-state index in [4.69, 9.17) is 0 Å². The SMILES string of the molecule is C=CC(=O)N1CCCC(Nc2ccc(N=CN(C)C)c(C#N)c2)C1. The lowest BCUT2D eigenvalue weighted by molar-refractivity contribution is -0.127. The Balaban J connectivity index is 2.08. The second-order valence-corrected chi connectivity index (χ2v) is 6.02. The van der Waals surface area contributed by atoms with Gasteiger partial charge in [-0.2, -0.15) is 5.26 Å². The van der Waals surface area contributed by atoms with E-state index in [9.17, 15) is 10.1 Å². The zero-order chi connectivity index (χ0) is 17.5. The molecule has 126 valence electrons. The van der Waals surface area contributed by atoms with Crippen molar-refractivity contribution in [3.8, 4) is 6.07 Å². The molecule has 6 heteroatoms. The van der Waals surface area contributed by atoms with Crippen LogP contribution in [0.1, 0.15) is 18.4 Å². The lowest BCUT2D eigenvalue weighted by Crippen LogP contribution is -2.44. The Morgan fingerprint density at radius 1 is 1.54 bits per heavy atom. The highest BCUT2D eigenvalue weighted by Gasteiger charge is 2.22. The molecule has 0 spiro atoms. The molecule has 1 saturated heterocycles. The Bertz CT molecular complexity index is 674. The predicted molar refractivity (Wildman–Crippen MR) is 96.4 cm³/mol. The maximum Gasteiger partial charge on any atom is 0.246 e. The van der Waals surface area contributed by atoms with Gasteiger partial charge in [-0.15, -0.1) is 0 Å². The number of nitrogens with one attached hydrogen (secondary N) is 1. The molecule has 0 aliphatic carbocycles. The fourth-order valence-corrected chi connectivity index (χ4v) is 2.67. The minimum atomic E-state index is -0.0346. The van der Waals surface area contributed by atoms with E-state index < -0.39 is 0 Å². The van der Waals surface area contributed by atoms with Gasteiger partial charge in [0.2, 0.25) is 5.91 Å². The number of hydrogen-bond acceptors (Lipinski definition) is 4. The van der Waals surface area contributed by atoms with Crippen molar-refractivity contribution in [2.75, 3.05) is 32.5 Å². The quantitative estimate of drug-likeness (QED) is 0.512. The standard InChI is InChI=1S/C18H23N5O/c1-4-18(24)23-9-5-6-16(12-23)21-15-7-8-17(14(10-15)11-19)20-13-22(2)3/h4,7-8,10,13,16,21H,1,5-6,9,12H2,2-3H3. The van der Waals surface area contributed by atoms with Crippen molar-refractivity contribution in [1.29, 1.82) is 5.26 Å². The monoisotopic (exact) mass is 325 g/mol. The van der Waals surface area contributed by atoms with Crippen LogP contribution in [0, 0.1) is 11.3 Å². The van der Waals surface area contributed by atoms with E-state index >= 15 is 0 Å². The highest BCUT2D eigenvalue weighted by Crippen LogP contribution is 2.24. The van der Waals surface area contributed by atoms with Crippen LogP contribution in [0.4, 0.5) is 11.4 Å². The van der Waals surface area contributed by atoms with Gasteiger partial charge in [-0.1, -0.05) is 6.58 Å². The van der Waals surface area contributed by atoms with Crippen LogP contribution < -0.4 is 5.32 Å². The van der Waals surface area contributed by atoms with Crippen LogP contribution in [0.15, 0.2) is 35.8 Å². The molecule has 1 atom stereocenters. The van der Waals surface area contributed by atoms with Crippen molar-refractivity contribution < 1.29 is 4.79 Å². The second-order valence-electron chi connectivity index (χ2n) is 6.02. The van der Waals surface area contributed by atoms with Gasteiger partial charge in [-0.3, -0.25) is 4.79 Å². The predicted octanol–water partition coefficient (Wildman–Crippen LogP) is 2.37. The van der Waals surface area contributed by atoms with Crippen LogP contribution in [-0.2, 0) is 4.79 Å². The molecule has 1 aromatic carbocycles. The van der Waals surface area contributed by atoms with E-state index in [1.54, 1.807) is 17.3 Å². The first-order valence-corrected chi connectivity index (χ1v) is 7.96. The molecule has 1 aromatic rings. The third-order valence-corrected chi connectivity index (χ3v) is 3.82. The Morgan fingerprint density at radius 2 is 2.33 bits per heavy atom. The topological polar surface area (TPSA) is 71.7 Å². The van der Waals surface area contributed by atoms with Crippen molar-refractivity contribution in [3.05, 3.63) is 36.4 Å². The number of carbonyl (C=O) groups excluding carboxylic acids is 1. The summed E-state index contributed by atoms with van der Waals surface area (Å²) in [5, 5.41) is 12.7. The molecule has 6 nitrogen and oxygen atoms in total. The van der Waals surface area contributed by atoms with Crippen LogP contribution in [-0.4, -0.2) is 55.3 Å². The first-order valence-electron chi connectivity index (χ1n) is 7.96. The third kappa shape index (κ3) is 4.59. The largest absolute Gasteiger partial charge is 0.380 e. The number of nitriles is 1. The van der Waals surface area contributed by atoms with Gasteiger partial charge in [0, 0.05) is 38.9 Å². The molecule has 0 radical (unpaired) electrons. The van der Waals surface area contributed by atoms with Gasteiger partial charge in [0.15, 0.2) is 0 Å². The summed E-state index contributed by atoms with van der Waals surface area (Å²) < 4.78 is 0. The number of aliphatic imine (C=N–C) groups is 1. The highest BCUT2D eigenvalue weighted by atomic mass is 16.2. The summed E-state index contributed by atoms with van der Waals surface area (Å²) in [5.74, 6) is -0.0346. The van der Waals surface area contributed by atoms with Crippen molar-refractivity contribution in [2.45, 2.75) is 18.9 Å². The first kappa shape index (κ1) is 17.5. The Morgan fingerprint density at radius 3 is 3.00 bits per heavy atom. The molecule has 1 aliphatic rings. The fraction of sp³-hybridized carbons (Fsp3) is 0.389. The van der Waals surface area contributed by atoms with E-state index in [0.29, 0.717) is 17.8 Å². The second kappa shape index (κ2) is 8.16. The van der Waals surface area contributed by atoms with Crippen LogP contribution in [0.5, 0.6) is 0 Å². The van der Waals surface area contributed by atoms with Gasteiger partial charge in [-0.25, -0.2) is 4.99 Å². The summed E-state index contributed by atoms with van der Waals surface area (Å²) >= 11 is 0. The van der Waals surface area contributed by atoms with Gasteiger partial charge >= 0.3 is 0 Å². The van der Waals surface area contributed by atoms with Gasteiger partial charge in [0.25, 0.3) is 0 Å². The molecule has 1 heterocycles. The fourth-order valence-electron chi connectivity index (χ4n) is 2.67. The van der Waals surface area contributed by atoms with E-state index in [1.165, 1.54) is 6.08 Å². The molecule has 1 unspecified atom stereocenters. The molecule has 24 heavy (non-hydrogen) atoms. The summed E-state index contributed by atoms with van der Waals surface area (Å²) in [4.78, 5) is 19.7. The Kier molecular flexibility index (Phi) is 5.96. The summed E-state index contributed by atoms with van der Waals surface area (Å²) in [6.07, 6.45) is 4.97. The molecule has 1 fully saturated rings. The number of piperidine rings is 1. The van der Waals surface area contributed by atoms with Gasteiger partial charge in [0.1, 0.15) is 6.07 Å². The molecule has 0 saturated carbocycles. The maximum absolute atomic E-state index is 11.8. The average Bonchev–Trinajstić information content (AvgIpc) is 2.59. The van der Waals surface area contributed by atoms with Gasteiger partial charge in [0.05, 0.1) is 17.6 Å². The summed E-state index contributed by atoms with van der Waals surface area (Å²) in [5.41, 5.74) is 2.03. The van der Waals surface area contributed by atoms with E-state index in [2.05, 4.69) is 23.0 Å². The van der Waals surface area contributed by atoms with Crippen molar-refractivity contribution in [3.63, 3.8) is 0 Å². The van der Waals surface area contributed by atoms with Gasteiger partial charge < -0.3 is 15.1 Å². The number of benzene rings is 1. The normalized spacial score (nSPS) is 17.4. The molecule has 1 aliphatic heterocycles. The minimum absolute atomic E-state index is 0.0346. The minimum Gasteiger partial charge on any atom is -0.380 e. The molecule has 1 amide bonds. The van der Waals surface area contributed by atoms with Gasteiger partial charge in [-0.05, 0) is 37.1 Å². The zero-order valence-electron chi connectivity index (χ0n) is 14.2. The van der Waals surface area contributed by atoms with E-state index in [-0.39, 0.29) is 11.9 Å². The number of anilines is 1. The highest BCUT2D eigenvalue weighted by molar-refractivity contribution is 5.87. The molecule has 1 N–H and O–H groups in total. The molecular formula is C18H23N5O. The van der Waals surface area contributed by atoms with Crippen LogP contribution in [0.2, 0.25) is 0 Å². The van der Waals surface area contributed by atoms with E-state index in [0.717, 1.165) is 25.1 Å². The molecule has 2 rings (SSSR count). The summed E-state index contributed by atoms with van der Waals surface area (Å²) in [6.45, 7) is 4.96. The van der Waals surface area contributed by atoms with E-state index in [1.807, 2.05) is 31.1 Å². The number of hydrogen-bond donors (Lipinski definition) is 1. The number of nitrogens with zero attached hydrogens (tertiary/aromatic N) is 4.